The van der Waals surface area contributed by atoms with Crippen molar-refractivity contribution < 1.29 is 9.59 Å². The van der Waals surface area contributed by atoms with E-state index in [9.17, 15) is 9.59 Å². The lowest BCUT2D eigenvalue weighted by atomic mass is 9.84. The van der Waals surface area contributed by atoms with Crippen LogP contribution in [0.15, 0.2) is 0 Å². The van der Waals surface area contributed by atoms with E-state index in [0.717, 1.165) is 13.1 Å². The minimum absolute atomic E-state index is 0. The summed E-state index contributed by atoms with van der Waals surface area (Å²) in [6, 6.07) is 0. The highest BCUT2D eigenvalue weighted by molar-refractivity contribution is 5.85. The number of carbonyl (C=O) groups excluding carboxylic acids is 2. The molecule has 112 valence electrons. The average molecular weight is 292 g/mol. The van der Waals surface area contributed by atoms with Crippen LogP contribution in [-0.2, 0) is 9.59 Å². The first-order valence-corrected chi connectivity index (χ1v) is 6.81. The Morgan fingerprint density at radius 2 is 1.79 bits per heavy atom. The lowest BCUT2D eigenvalue weighted by Gasteiger charge is -2.27. The summed E-state index contributed by atoms with van der Waals surface area (Å²) in [5.74, 6) is 1.12. The van der Waals surface area contributed by atoms with Gasteiger partial charge in [-0.1, -0.05) is 6.92 Å². The SMILES string of the molecule is CC(=O)NCCNC(=O)CC(C)C1CCNCC1.Cl. The number of carbonyl (C=O) groups is 2. The summed E-state index contributed by atoms with van der Waals surface area (Å²) >= 11 is 0. The van der Waals surface area contributed by atoms with Gasteiger partial charge >= 0.3 is 0 Å². The molecule has 0 radical (unpaired) electrons. The molecule has 6 heteroatoms. The van der Waals surface area contributed by atoms with Gasteiger partial charge in [0.2, 0.25) is 11.8 Å². The largest absolute Gasteiger partial charge is 0.355 e. The van der Waals surface area contributed by atoms with Crippen molar-refractivity contribution in [3.63, 3.8) is 0 Å². The summed E-state index contributed by atoms with van der Waals surface area (Å²) in [7, 11) is 0. The predicted molar refractivity (Wildman–Crippen MR) is 78.3 cm³/mol. The van der Waals surface area contributed by atoms with Crippen LogP contribution in [0, 0.1) is 11.8 Å². The maximum absolute atomic E-state index is 11.7. The van der Waals surface area contributed by atoms with Gasteiger partial charge in [0.15, 0.2) is 0 Å². The summed E-state index contributed by atoms with van der Waals surface area (Å²) in [5, 5.41) is 8.83. The van der Waals surface area contributed by atoms with E-state index in [1.54, 1.807) is 0 Å². The number of hydrogen-bond acceptors (Lipinski definition) is 3. The molecule has 0 aromatic heterocycles. The van der Waals surface area contributed by atoms with Crippen molar-refractivity contribution in [2.24, 2.45) is 11.8 Å². The van der Waals surface area contributed by atoms with Crippen molar-refractivity contribution in [1.29, 1.82) is 0 Å². The van der Waals surface area contributed by atoms with Crippen LogP contribution in [0.25, 0.3) is 0 Å². The third-order valence-corrected chi connectivity index (χ3v) is 3.52. The van der Waals surface area contributed by atoms with Crippen LogP contribution in [-0.4, -0.2) is 38.0 Å². The lowest BCUT2D eigenvalue weighted by molar-refractivity contribution is -0.123. The first kappa shape index (κ1) is 18.2. The molecule has 1 saturated heterocycles. The number of piperidine rings is 1. The Labute approximate surface area is 121 Å². The second-order valence-corrected chi connectivity index (χ2v) is 5.10. The number of amides is 2. The molecule has 19 heavy (non-hydrogen) atoms. The van der Waals surface area contributed by atoms with Gasteiger partial charge in [-0.25, -0.2) is 0 Å². The Kier molecular flexibility index (Phi) is 9.61. The van der Waals surface area contributed by atoms with Crippen molar-refractivity contribution in [2.45, 2.75) is 33.1 Å². The van der Waals surface area contributed by atoms with Crippen LogP contribution in [0.3, 0.4) is 0 Å². The predicted octanol–water partition coefficient (Wildman–Crippen LogP) is 0.686. The average Bonchev–Trinajstić information content (AvgIpc) is 2.35. The van der Waals surface area contributed by atoms with Crippen LogP contribution in [0.1, 0.15) is 33.1 Å². The molecule has 5 nitrogen and oxygen atoms in total. The summed E-state index contributed by atoms with van der Waals surface area (Å²) in [5.41, 5.74) is 0. The van der Waals surface area contributed by atoms with Crippen molar-refractivity contribution in [3.8, 4) is 0 Å². The van der Waals surface area contributed by atoms with Gasteiger partial charge in [0.25, 0.3) is 0 Å². The Balaban J connectivity index is 0.00000324. The quantitative estimate of drug-likeness (QED) is 0.631. The van der Waals surface area contributed by atoms with Gasteiger partial charge in [-0.15, -0.1) is 12.4 Å². The smallest absolute Gasteiger partial charge is 0.220 e. The molecule has 0 aromatic carbocycles. The molecule has 0 spiro atoms. The van der Waals surface area contributed by atoms with Gasteiger partial charge in [0.1, 0.15) is 0 Å². The van der Waals surface area contributed by atoms with E-state index in [0.29, 0.717) is 31.3 Å². The molecule has 2 amide bonds. The Morgan fingerprint density at radius 1 is 1.21 bits per heavy atom. The molecule has 1 heterocycles. The van der Waals surface area contributed by atoms with E-state index in [-0.39, 0.29) is 24.2 Å². The fraction of sp³-hybridized carbons (Fsp3) is 0.846. The number of rotatable bonds is 6. The van der Waals surface area contributed by atoms with Crippen molar-refractivity contribution in [3.05, 3.63) is 0 Å². The van der Waals surface area contributed by atoms with E-state index in [4.69, 9.17) is 0 Å². The van der Waals surface area contributed by atoms with Crippen LogP contribution in [0.2, 0.25) is 0 Å². The van der Waals surface area contributed by atoms with Crippen LogP contribution in [0.5, 0.6) is 0 Å². The highest BCUT2D eigenvalue weighted by Crippen LogP contribution is 2.23. The molecule has 0 bridgehead atoms. The monoisotopic (exact) mass is 291 g/mol. The van der Waals surface area contributed by atoms with Gasteiger partial charge in [0, 0.05) is 26.4 Å². The molecule has 0 saturated carbocycles. The minimum atomic E-state index is -0.0627. The minimum Gasteiger partial charge on any atom is -0.355 e. The van der Waals surface area contributed by atoms with Crippen molar-refractivity contribution in [1.82, 2.24) is 16.0 Å². The lowest BCUT2D eigenvalue weighted by Crippen LogP contribution is -2.36. The van der Waals surface area contributed by atoms with Gasteiger partial charge in [-0.2, -0.15) is 0 Å². The fourth-order valence-electron chi connectivity index (χ4n) is 2.39. The molecule has 1 rings (SSSR count). The second-order valence-electron chi connectivity index (χ2n) is 5.10. The molecule has 1 fully saturated rings. The molecule has 1 atom stereocenters. The third-order valence-electron chi connectivity index (χ3n) is 3.52. The normalized spacial score (nSPS) is 17.2. The molecule has 0 aromatic rings. The second kappa shape index (κ2) is 10.0. The number of nitrogens with one attached hydrogen (secondary N) is 3. The molecule has 1 aliphatic heterocycles. The maximum Gasteiger partial charge on any atom is 0.220 e. The first-order valence-electron chi connectivity index (χ1n) is 6.81. The summed E-state index contributed by atoms with van der Waals surface area (Å²) in [6.07, 6.45) is 2.92. The Bertz CT molecular complexity index is 281. The Morgan fingerprint density at radius 3 is 2.37 bits per heavy atom. The summed E-state index contributed by atoms with van der Waals surface area (Å²) < 4.78 is 0. The molecule has 3 N–H and O–H groups in total. The van der Waals surface area contributed by atoms with E-state index in [1.165, 1.54) is 19.8 Å². The number of halogens is 1. The molecule has 0 aliphatic carbocycles. The fourth-order valence-corrected chi connectivity index (χ4v) is 2.39. The van der Waals surface area contributed by atoms with Gasteiger partial charge in [0.05, 0.1) is 0 Å². The van der Waals surface area contributed by atoms with Crippen molar-refractivity contribution >= 4 is 24.2 Å². The molecular formula is C13H26ClN3O2. The highest BCUT2D eigenvalue weighted by Gasteiger charge is 2.21. The van der Waals surface area contributed by atoms with Crippen molar-refractivity contribution in [2.75, 3.05) is 26.2 Å². The number of hydrogen-bond donors (Lipinski definition) is 3. The van der Waals surface area contributed by atoms with Crippen LogP contribution >= 0.6 is 12.4 Å². The van der Waals surface area contributed by atoms with Gasteiger partial charge < -0.3 is 16.0 Å². The van der Waals surface area contributed by atoms with Crippen LogP contribution in [0.4, 0.5) is 0 Å². The zero-order valence-electron chi connectivity index (χ0n) is 11.8. The van der Waals surface area contributed by atoms with Crippen LogP contribution < -0.4 is 16.0 Å². The standard InChI is InChI=1S/C13H25N3O2.ClH/c1-10(12-3-5-14-6-4-12)9-13(18)16-8-7-15-11(2)17;/h10,12,14H,3-9H2,1-2H3,(H,15,17)(H,16,18);1H. The van der Waals surface area contributed by atoms with E-state index in [1.807, 2.05) is 0 Å². The molecule has 1 aliphatic rings. The molecule has 1 unspecified atom stereocenters. The highest BCUT2D eigenvalue weighted by atomic mass is 35.5. The third kappa shape index (κ3) is 8.06. The van der Waals surface area contributed by atoms with Gasteiger partial charge in [-0.05, 0) is 37.8 Å². The first-order chi connectivity index (χ1) is 8.59. The summed E-state index contributed by atoms with van der Waals surface area (Å²) in [6.45, 7) is 6.78. The van der Waals surface area contributed by atoms with E-state index < -0.39 is 0 Å². The zero-order chi connectivity index (χ0) is 13.4. The maximum atomic E-state index is 11.7. The van der Waals surface area contributed by atoms with E-state index in [2.05, 4.69) is 22.9 Å². The molecular weight excluding hydrogens is 266 g/mol. The van der Waals surface area contributed by atoms with E-state index >= 15 is 0 Å². The van der Waals surface area contributed by atoms with Gasteiger partial charge in [-0.3, -0.25) is 9.59 Å². The summed E-state index contributed by atoms with van der Waals surface area (Å²) in [4.78, 5) is 22.3. The topological polar surface area (TPSA) is 70.2 Å². The Hall–Kier alpha value is -0.810. The zero-order valence-corrected chi connectivity index (χ0v) is 12.6.